The molecule has 0 amide bonds. The van der Waals surface area contributed by atoms with Crippen molar-refractivity contribution in [2.45, 2.75) is 70.8 Å². The fraction of sp³-hybridized carbons (Fsp3) is 0.654. The Bertz CT molecular complexity index is 864. The van der Waals surface area contributed by atoms with E-state index in [1.165, 1.54) is 0 Å². The molecule has 4 rings (SSSR count). The highest BCUT2D eigenvalue weighted by atomic mass is 16.6. The van der Waals surface area contributed by atoms with Crippen molar-refractivity contribution in [2.24, 2.45) is 16.7 Å². The van der Waals surface area contributed by atoms with E-state index in [-0.39, 0.29) is 31.7 Å². The van der Waals surface area contributed by atoms with Crippen LogP contribution in [0.2, 0.25) is 0 Å². The van der Waals surface area contributed by atoms with Gasteiger partial charge < -0.3 is 18.9 Å². The number of ether oxygens (including phenoxy) is 4. The highest BCUT2D eigenvalue weighted by Gasteiger charge is 2.73. The predicted octanol–water partition coefficient (Wildman–Crippen LogP) is 4.18. The minimum absolute atomic E-state index is 0.140. The van der Waals surface area contributed by atoms with Crippen LogP contribution in [0.1, 0.15) is 70.3 Å². The van der Waals surface area contributed by atoms with Crippen molar-refractivity contribution in [2.75, 3.05) is 20.3 Å². The lowest BCUT2D eigenvalue weighted by molar-refractivity contribution is -0.237. The number of methoxy groups -OCH3 is 1. The van der Waals surface area contributed by atoms with Gasteiger partial charge in [0.15, 0.2) is 5.41 Å². The first kappa shape index (κ1) is 23.6. The molecule has 1 heterocycles. The van der Waals surface area contributed by atoms with Crippen LogP contribution >= 0.6 is 0 Å². The normalized spacial score (nSPS) is 27.4. The monoisotopic (exact) mass is 458 g/mol. The fourth-order valence-corrected chi connectivity index (χ4v) is 6.42. The number of hydrogen-bond acceptors (Lipinski definition) is 7. The molecule has 0 unspecified atom stereocenters. The number of hydrogen-bond donors (Lipinski definition) is 0. The lowest BCUT2D eigenvalue weighted by atomic mass is 9.47. The third kappa shape index (κ3) is 3.79. The molecule has 2 saturated carbocycles. The number of benzene rings is 1. The van der Waals surface area contributed by atoms with Crippen LogP contribution in [0.5, 0.6) is 5.75 Å². The van der Waals surface area contributed by atoms with Crippen LogP contribution in [0, 0.1) is 16.7 Å². The van der Waals surface area contributed by atoms with Crippen LogP contribution in [-0.4, -0.2) is 44.3 Å². The summed E-state index contributed by atoms with van der Waals surface area (Å²) in [5.74, 6) is -2.24. The van der Waals surface area contributed by atoms with Crippen LogP contribution in [0.15, 0.2) is 24.3 Å². The molecule has 0 bridgehead atoms. The van der Waals surface area contributed by atoms with E-state index in [4.69, 9.17) is 18.9 Å². The Morgan fingerprint density at radius 3 is 2.03 bits per heavy atom. The maximum atomic E-state index is 13.7. The van der Waals surface area contributed by atoms with Gasteiger partial charge in [-0.3, -0.25) is 14.4 Å². The molecule has 0 N–H and O–H groups in total. The lowest BCUT2D eigenvalue weighted by Gasteiger charge is -2.60. The second-order valence-electron chi connectivity index (χ2n) is 9.50. The zero-order chi connectivity index (χ0) is 23.6. The van der Waals surface area contributed by atoms with Crippen molar-refractivity contribution < 1.29 is 33.3 Å². The summed E-state index contributed by atoms with van der Waals surface area (Å²) in [5.41, 5.74) is -1.32. The van der Waals surface area contributed by atoms with Gasteiger partial charge in [0.1, 0.15) is 17.8 Å². The smallest absolute Gasteiger partial charge is 0.324 e. The van der Waals surface area contributed by atoms with E-state index in [2.05, 4.69) is 0 Å². The molecule has 0 radical (unpaired) electrons. The molecule has 3 atom stereocenters. The SMILES string of the molecule is CCOC(=O)C1(C(=O)OCC)CC2(CCCCCC2)[C@H]2OC(=O)[C@H]2[C@@H]1c1ccc(OC)cc1. The Morgan fingerprint density at radius 1 is 0.970 bits per heavy atom. The molecule has 7 nitrogen and oxygen atoms in total. The van der Waals surface area contributed by atoms with E-state index in [0.717, 1.165) is 38.5 Å². The van der Waals surface area contributed by atoms with E-state index in [1.807, 2.05) is 12.1 Å². The number of rotatable bonds is 6. The Balaban J connectivity index is 1.91. The molecule has 1 aromatic carbocycles. The summed E-state index contributed by atoms with van der Waals surface area (Å²) >= 11 is 0. The molecule has 2 aliphatic carbocycles. The molecule has 1 aliphatic heterocycles. The molecule has 3 aliphatic rings. The van der Waals surface area contributed by atoms with Crippen molar-refractivity contribution in [1.82, 2.24) is 0 Å². The molecular formula is C26H34O7. The molecule has 7 heteroatoms. The zero-order valence-corrected chi connectivity index (χ0v) is 19.8. The Hall–Kier alpha value is -2.57. The highest BCUT2D eigenvalue weighted by Crippen LogP contribution is 2.65. The quantitative estimate of drug-likeness (QED) is 0.359. The van der Waals surface area contributed by atoms with Gasteiger partial charge in [-0.2, -0.15) is 0 Å². The first-order chi connectivity index (χ1) is 15.9. The summed E-state index contributed by atoms with van der Waals surface area (Å²) in [6.45, 7) is 3.73. The Morgan fingerprint density at radius 2 is 1.55 bits per heavy atom. The van der Waals surface area contributed by atoms with E-state index in [9.17, 15) is 14.4 Å². The van der Waals surface area contributed by atoms with E-state index >= 15 is 0 Å². The summed E-state index contributed by atoms with van der Waals surface area (Å²) in [6, 6.07) is 7.21. The van der Waals surface area contributed by atoms with E-state index in [1.54, 1.807) is 33.1 Å². The summed E-state index contributed by atoms with van der Waals surface area (Å²) < 4.78 is 22.2. The van der Waals surface area contributed by atoms with Crippen LogP contribution < -0.4 is 4.74 Å². The average molecular weight is 459 g/mol. The van der Waals surface area contributed by atoms with Gasteiger partial charge in [0.05, 0.1) is 20.3 Å². The van der Waals surface area contributed by atoms with Gasteiger partial charge in [0.2, 0.25) is 0 Å². The van der Waals surface area contributed by atoms with Crippen molar-refractivity contribution in [3.05, 3.63) is 29.8 Å². The number of carbonyl (C=O) groups excluding carboxylic acids is 3. The van der Waals surface area contributed by atoms with Crippen molar-refractivity contribution in [3.63, 3.8) is 0 Å². The molecule has 1 spiro atoms. The highest BCUT2D eigenvalue weighted by molar-refractivity contribution is 6.03. The maximum Gasteiger partial charge on any atom is 0.324 e. The fourth-order valence-electron chi connectivity index (χ4n) is 6.42. The second kappa shape index (κ2) is 9.35. The first-order valence-electron chi connectivity index (χ1n) is 12.1. The van der Waals surface area contributed by atoms with Crippen LogP contribution in [0.4, 0.5) is 0 Å². The van der Waals surface area contributed by atoms with Gasteiger partial charge in [0, 0.05) is 11.3 Å². The van der Waals surface area contributed by atoms with Gasteiger partial charge in [-0.15, -0.1) is 0 Å². The van der Waals surface area contributed by atoms with Crippen molar-refractivity contribution in [3.8, 4) is 5.75 Å². The molecule has 3 fully saturated rings. The standard InChI is InChI=1S/C26H34O7/c1-4-31-23(28)26(24(29)32-5-2)16-25(14-8-6-7-9-15-25)21-19(22(27)33-21)20(26)17-10-12-18(30-3)13-11-17/h10-13,19-21H,4-9,14-16H2,1-3H3/t19-,20-,21-/m0/s1. The summed E-state index contributed by atoms with van der Waals surface area (Å²) in [6.07, 6.45) is 5.75. The molecule has 180 valence electrons. The largest absolute Gasteiger partial charge is 0.497 e. The predicted molar refractivity (Wildman–Crippen MR) is 120 cm³/mol. The third-order valence-electron chi connectivity index (χ3n) is 7.82. The number of esters is 3. The van der Waals surface area contributed by atoms with Gasteiger partial charge >= 0.3 is 17.9 Å². The number of fused-ring (bicyclic) bond motifs is 2. The molecule has 1 aromatic rings. The Labute approximate surface area is 195 Å². The zero-order valence-electron chi connectivity index (χ0n) is 19.8. The van der Waals surface area contributed by atoms with Gasteiger partial charge in [-0.25, -0.2) is 0 Å². The first-order valence-corrected chi connectivity index (χ1v) is 12.1. The second-order valence-corrected chi connectivity index (χ2v) is 9.50. The third-order valence-corrected chi connectivity index (χ3v) is 7.82. The van der Waals surface area contributed by atoms with E-state index in [0.29, 0.717) is 11.3 Å². The van der Waals surface area contributed by atoms with Gasteiger partial charge in [-0.1, -0.05) is 37.8 Å². The minimum atomic E-state index is -1.61. The molecular weight excluding hydrogens is 424 g/mol. The topological polar surface area (TPSA) is 88.1 Å². The molecule has 1 saturated heterocycles. The van der Waals surface area contributed by atoms with Gasteiger partial charge in [0.25, 0.3) is 0 Å². The minimum Gasteiger partial charge on any atom is -0.497 e. The molecule has 33 heavy (non-hydrogen) atoms. The number of carbonyl (C=O) groups is 3. The average Bonchev–Trinajstić information content (AvgIpc) is 3.05. The van der Waals surface area contributed by atoms with Crippen LogP contribution in [0.3, 0.4) is 0 Å². The lowest BCUT2D eigenvalue weighted by Crippen LogP contribution is -2.68. The summed E-state index contributed by atoms with van der Waals surface area (Å²) in [4.78, 5) is 40.5. The van der Waals surface area contributed by atoms with Crippen molar-refractivity contribution in [1.29, 1.82) is 0 Å². The summed E-state index contributed by atoms with van der Waals surface area (Å²) in [5, 5.41) is 0. The maximum absolute atomic E-state index is 13.7. The van der Waals surface area contributed by atoms with Gasteiger partial charge in [-0.05, 0) is 50.8 Å². The van der Waals surface area contributed by atoms with E-state index < -0.39 is 34.6 Å². The summed E-state index contributed by atoms with van der Waals surface area (Å²) in [7, 11) is 1.58. The Kier molecular flexibility index (Phi) is 6.68. The molecule has 0 aromatic heterocycles. The van der Waals surface area contributed by atoms with Crippen LogP contribution in [0.25, 0.3) is 0 Å². The van der Waals surface area contributed by atoms with Crippen LogP contribution in [-0.2, 0) is 28.6 Å². The van der Waals surface area contributed by atoms with Crippen molar-refractivity contribution >= 4 is 17.9 Å².